The van der Waals surface area contributed by atoms with Gasteiger partial charge < -0.3 is 10.1 Å². The molecule has 1 N–H and O–H groups in total. The highest BCUT2D eigenvalue weighted by molar-refractivity contribution is 9.10. The van der Waals surface area contributed by atoms with E-state index in [9.17, 15) is 0 Å². The molecule has 2 nitrogen and oxygen atoms in total. The molecule has 0 fully saturated rings. The van der Waals surface area contributed by atoms with Gasteiger partial charge in [0, 0.05) is 16.1 Å². The Morgan fingerprint density at radius 3 is 2.39 bits per heavy atom. The van der Waals surface area contributed by atoms with Gasteiger partial charge in [-0.05, 0) is 43.5 Å². The lowest BCUT2D eigenvalue weighted by Crippen LogP contribution is -2.27. The van der Waals surface area contributed by atoms with Crippen LogP contribution in [-0.4, -0.2) is 13.7 Å². The van der Waals surface area contributed by atoms with Crippen LogP contribution in [0.4, 0.5) is 0 Å². The first-order valence-electron chi connectivity index (χ1n) is 6.50. The van der Waals surface area contributed by atoms with E-state index >= 15 is 0 Å². The van der Waals surface area contributed by atoms with Gasteiger partial charge >= 0.3 is 0 Å². The molecule has 0 saturated carbocycles. The van der Waals surface area contributed by atoms with E-state index in [0.29, 0.717) is 12.0 Å². The van der Waals surface area contributed by atoms with Gasteiger partial charge in [-0.3, -0.25) is 0 Å². The van der Waals surface area contributed by atoms with E-state index in [0.717, 1.165) is 16.8 Å². The van der Waals surface area contributed by atoms with Crippen LogP contribution in [0.1, 0.15) is 43.5 Å². The van der Waals surface area contributed by atoms with Gasteiger partial charge in [0.2, 0.25) is 0 Å². The summed E-state index contributed by atoms with van der Waals surface area (Å²) >= 11 is 3.65. The molecule has 0 aromatic heterocycles. The Labute approximate surface area is 119 Å². The molecule has 1 aromatic rings. The third-order valence-corrected chi connectivity index (χ3v) is 4.14. The smallest absolute Gasteiger partial charge is 0.126 e. The van der Waals surface area contributed by atoms with E-state index in [-0.39, 0.29) is 0 Å². The third kappa shape index (κ3) is 3.07. The van der Waals surface area contributed by atoms with Crippen molar-refractivity contribution in [3.63, 3.8) is 0 Å². The van der Waals surface area contributed by atoms with Gasteiger partial charge in [-0.2, -0.15) is 0 Å². The molecule has 0 amide bonds. The minimum atomic E-state index is 0.321. The highest BCUT2D eigenvalue weighted by atomic mass is 79.9. The maximum absolute atomic E-state index is 5.63. The van der Waals surface area contributed by atoms with Crippen molar-refractivity contribution < 1.29 is 4.74 Å². The van der Waals surface area contributed by atoms with Crippen molar-refractivity contribution in [1.29, 1.82) is 0 Å². The number of benzene rings is 1. The van der Waals surface area contributed by atoms with Crippen LogP contribution < -0.4 is 10.1 Å². The Hall–Kier alpha value is -0.540. The maximum Gasteiger partial charge on any atom is 0.126 e. The molecule has 0 aliphatic rings. The number of hydrogen-bond acceptors (Lipinski definition) is 2. The Morgan fingerprint density at radius 2 is 1.94 bits per heavy atom. The van der Waals surface area contributed by atoms with Gasteiger partial charge in [-0.25, -0.2) is 0 Å². The van der Waals surface area contributed by atoms with Gasteiger partial charge in [0.05, 0.1) is 7.11 Å². The summed E-state index contributed by atoms with van der Waals surface area (Å²) < 4.78 is 6.78. The molecule has 0 spiro atoms. The second kappa shape index (κ2) is 6.58. The van der Waals surface area contributed by atoms with Crippen LogP contribution in [0.15, 0.2) is 10.5 Å². The van der Waals surface area contributed by atoms with Gasteiger partial charge in [0.15, 0.2) is 0 Å². The van der Waals surface area contributed by atoms with Gasteiger partial charge in [0.1, 0.15) is 5.75 Å². The van der Waals surface area contributed by atoms with Crippen molar-refractivity contribution in [3.05, 3.63) is 27.2 Å². The summed E-state index contributed by atoms with van der Waals surface area (Å²) in [5, 5.41) is 3.57. The maximum atomic E-state index is 5.63. The van der Waals surface area contributed by atoms with Crippen LogP contribution in [0.2, 0.25) is 0 Å². The molecular formula is C15H24BrNO. The number of hydrogen-bond donors (Lipinski definition) is 1. The summed E-state index contributed by atoms with van der Waals surface area (Å²) in [5.41, 5.74) is 3.71. The van der Waals surface area contributed by atoms with E-state index in [1.807, 2.05) is 0 Å². The average Bonchev–Trinajstić information content (AvgIpc) is 2.30. The summed E-state index contributed by atoms with van der Waals surface area (Å²) in [7, 11) is 1.75. The number of aryl methyl sites for hydroxylation is 1. The molecule has 18 heavy (non-hydrogen) atoms. The first kappa shape index (κ1) is 15.5. The number of ether oxygens (including phenoxy) is 1. The van der Waals surface area contributed by atoms with Crippen molar-refractivity contribution in [3.8, 4) is 5.75 Å². The SMILES string of the molecule is CCNC(c1c(C)c(Br)cc(C)c1OC)C(C)C. The lowest BCUT2D eigenvalue weighted by molar-refractivity contribution is 0.370. The molecule has 102 valence electrons. The zero-order chi connectivity index (χ0) is 13.9. The first-order valence-corrected chi connectivity index (χ1v) is 7.30. The second-order valence-corrected chi connectivity index (χ2v) is 5.88. The minimum absolute atomic E-state index is 0.321. The average molecular weight is 314 g/mol. The van der Waals surface area contributed by atoms with Crippen molar-refractivity contribution in [2.24, 2.45) is 5.92 Å². The van der Waals surface area contributed by atoms with Gasteiger partial charge in [-0.15, -0.1) is 0 Å². The number of nitrogens with one attached hydrogen (secondary N) is 1. The van der Waals surface area contributed by atoms with Crippen molar-refractivity contribution in [2.75, 3.05) is 13.7 Å². The fourth-order valence-electron chi connectivity index (χ4n) is 2.41. The predicted molar refractivity (Wildman–Crippen MR) is 81.4 cm³/mol. The fourth-order valence-corrected chi connectivity index (χ4v) is 2.97. The number of halogens is 1. The summed E-state index contributed by atoms with van der Waals surface area (Å²) in [5.74, 6) is 1.53. The Kier molecular flexibility index (Phi) is 5.67. The summed E-state index contributed by atoms with van der Waals surface area (Å²) in [6, 6.07) is 2.45. The van der Waals surface area contributed by atoms with E-state index in [2.05, 4.69) is 61.9 Å². The van der Waals surface area contributed by atoms with Crippen LogP contribution in [0.3, 0.4) is 0 Å². The molecule has 0 saturated heterocycles. The van der Waals surface area contributed by atoms with E-state index in [4.69, 9.17) is 4.74 Å². The monoisotopic (exact) mass is 313 g/mol. The predicted octanol–water partition coefficient (Wildman–Crippen LogP) is 4.38. The largest absolute Gasteiger partial charge is 0.496 e. The fraction of sp³-hybridized carbons (Fsp3) is 0.600. The van der Waals surface area contributed by atoms with E-state index in [1.54, 1.807) is 7.11 Å². The molecule has 0 bridgehead atoms. The summed E-state index contributed by atoms with van der Waals surface area (Å²) in [4.78, 5) is 0. The zero-order valence-corrected chi connectivity index (χ0v) is 13.8. The van der Waals surface area contributed by atoms with Gasteiger partial charge in [0.25, 0.3) is 0 Å². The molecule has 0 radical (unpaired) electrons. The molecule has 1 atom stereocenters. The molecule has 0 heterocycles. The lowest BCUT2D eigenvalue weighted by Gasteiger charge is -2.27. The van der Waals surface area contributed by atoms with Crippen molar-refractivity contribution >= 4 is 15.9 Å². The Bertz CT molecular complexity index is 415. The molecule has 1 unspecified atom stereocenters. The van der Waals surface area contributed by atoms with Crippen LogP contribution in [0.25, 0.3) is 0 Å². The molecule has 0 aliphatic heterocycles. The van der Waals surface area contributed by atoms with Gasteiger partial charge in [-0.1, -0.05) is 36.7 Å². The van der Waals surface area contributed by atoms with Crippen molar-refractivity contribution in [1.82, 2.24) is 5.32 Å². The summed E-state index contributed by atoms with van der Waals surface area (Å²) in [6.45, 7) is 11.8. The summed E-state index contributed by atoms with van der Waals surface area (Å²) in [6.07, 6.45) is 0. The third-order valence-electron chi connectivity index (χ3n) is 3.31. The Balaban J connectivity index is 3.43. The second-order valence-electron chi connectivity index (χ2n) is 5.03. The normalized spacial score (nSPS) is 12.9. The quantitative estimate of drug-likeness (QED) is 0.871. The minimum Gasteiger partial charge on any atom is -0.496 e. The topological polar surface area (TPSA) is 21.3 Å². The molecule has 3 heteroatoms. The molecule has 0 aliphatic carbocycles. The van der Waals surface area contributed by atoms with Crippen LogP contribution >= 0.6 is 15.9 Å². The van der Waals surface area contributed by atoms with Crippen LogP contribution in [-0.2, 0) is 0 Å². The van der Waals surface area contributed by atoms with Crippen molar-refractivity contribution in [2.45, 2.75) is 40.7 Å². The molecule has 1 aromatic carbocycles. The zero-order valence-electron chi connectivity index (χ0n) is 12.2. The highest BCUT2D eigenvalue weighted by Crippen LogP contribution is 2.38. The lowest BCUT2D eigenvalue weighted by atomic mass is 9.90. The first-order chi connectivity index (χ1) is 8.43. The van der Waals surface area contributed by atoms with Crippen LogP contribution in [0, 0.1) is 19.8 Å². The van der Waals surface area contributed by atoms with E-state index in [1.165, 1.54) is 16.7 Å². The Morgan fingerprint density at radius 1 is 1.33 bits per heavy atom. The molecule has 1 rings (SSSR count). The highest BCUT2D eigenvalue weighted by Gasteiger charge is 2.23. The number of methoxy groups -OCH3 is 1. The molecular weight excluding hydrogens is 290 g/mol. The number of rotatable bonds is 5. The van der Waals surface area contributed by atoms with E-state index < -0.39 is 0 Å². The standard InChI is InChI=1S/C15H24BrNO/c1-7-17-14(9(2)3)13-11(5)12(16)8-10(4)15(13)18-6/h8-9,14,17H,7H2,1-6H3. The van der Waals surface area contributed by atoms with Crippen LogP contribution in [0.5, 0.6) is 5.75 Å².